The van der Waals surface area contributed by atoms with Gasteiger partial charge in [0.2, 0.25) is 11.9 Å². The van der Waals surface area contributed by atoms with Gasteiger partial charge >= 0.3 is 6.03 Å². The first-order chi connectivity index (χ1) is 20.0. The average molecular weight is 571 g/mol. The number of nitrogens with zero attached hydrogens (tertiary/aromatic N) is 6. The highest BCUT2D eigenvalue weighted by Gasteiger charge is 2.32. The minimum Gasteiger partial charge on any atom is -0.377 e. The Hall–Kier alpha value is -4.74. The summed E-state index contributed by atoms with van der Waals surface area (Å²) in [5.41, 5.74) is 3.42. The minimum atomic E-state index is -0.352. The molecule has 3 amide bonds. The monoisotopic (exact) mass is 570 g/mol. The third-order valence-electron chi connectivity index (χ3n) is 6.87. The number of nitrogens with one attached hydrogen (secondary N) is 2. The van der Waals surface area contributed by atoms with Gasteiger partial charge in [0.25, 0.3) is 0 Å². The Kier molecular flexibility index (Phi) is 7.36. The molecule has 0 bridgehead atoms. The van der Waals surface area contributed by atoms with Gasteiger partial charge < -0.3 is 20.3 Å². The van der Waals surface area contributed by atoms with E-state index in [0.717, 1.165) is 11.1 Å². The van der Waals surface area contributed by atoms with E-state index in [1.807, 2.05) is 30.3 Å². The molecule has 4 aromatic rings. The molecule has 1 saturated heterocycles. The van der Waals surface area contributed by atoms with Crippen molar-refractivity contribution in [2.45, 2.75) is 19.0 Å². The first-order valence-electron chi connectivity index (χ1n) is 13.1. The van der Waals surface area contributed by atoms with Crippen molar-refractivity contribution in [3.05, 3.63) is 95.9 Å². The number of fused-ring (bicyclic) bond motifs is 1. The molecule has 208 valence electrons. The molecule has 2 N–H and O–H groups in total. The smallest absolute Gasteiger partial charge is 0.330 e. The number of benzene rings is 2. The summed E-state index contributed by atoms with van der Waals surface area (Å²) in [4.78, 5) is 38.8. The van der Waals surface area contributed by atoms with Crippen LogP contribution in [0.5, 0.6) is 0 Å². The van der Waals surface area contributed by atoms with Crippen molar-refractivity contribution in [1.82, 2.24) is 24.6 Å². The van der Waals surface area contributed by atoms with Crippen LogP contribution in [0.2, 0.25) is 5.15 Å². The molecule has 11 nitrogen and oxygen atoms in total. The zero-order valence-electron chi connectivity index (χ0n) is 22.0. The summed E-state index contributed by atoms with van der Waals surface area (Å²) < 4.78 is 7.02. The van der Waals surface area contributed by atoms with Crippen LogP contribution in [0.4, 0.5) is 33.6 Å². The fraction of sp³-hybridized carbons (Fsp3) is 0.207. The second-order valence-corrected chi connectivity index (χ2v) is 10.0. The van der Waals surface area contributed by atoms with Gasteiger partial charge in [-0.25, -0.2) is 14.7 Å². The van der Waals surface area contributed by atoms with Crippen LogP contribution in [-0.4, -0.2) is 56.3 Å². The van der Waals surface area contributed by atoms with Crippen molar-refractivity contribution >= 4 is 52.4 Å². The molecule has 6 rings (SSSR count). The summed E-state index contributed by atoms with van der Waals surface area (Å²) in [6, 6.07) is 16.7. The van der Waals surface area contributed by atoms with Gasteiger partial charge in [0.1, 0.15) is 5.82 Å². The largest absolute Gasteiger partial charge is 0.377 e. The van der Waals surface area contributed by atoms with E-state index < -0.39 is 0 Å². The molecule has 2 aromatic carbocycles. The van der Waals surface area contributed by atoms with E-state index in [0.29, 0.717) is 55.6 Å². The van der Waals surface area contributed by atoms with E-state index >= 15 is 0 Å². The molecule has 12 heteroatoms. The molecule has 2 aliphatic heterocycles. The summed E-state index contributed by atoms with van der Waals surface area (Å²) in [5.74, 6) is 0.349. The minimum absolute atomic E-state index is 0.133. The molecule has 1 fully saturated rings. The van der Waals surface area contributed by atoms with Crippen molar-refractivity contribution < 1.29 is 14.3 Å². The highest BCUT2D eigenvalue weighted by molar-refractivity contribution is 6.32. The van der Waals surface area contributed by atoms with E-state index in [1.54, 1.807) is 51.1 Å². The number of carbonyl (C=O) groups is 2. The Bertz CT molecular complexity index is 1600. The van der Waals surface area contributed by atoms with Crippen molar-refractivity contribution in [3.8, 4) is 0 Å². The van der Waals surface area contributed by atoms with Crippen LogP contribution in [0.15, 0.2) is 79.6 Å². The van der Waals surface area contributed by atoms with Gasteiger partial charge in [0, 0.05) is 30.5 Å². The summed E-state index contributed by atoms with van der Waals surface area (Å²) in [7, 11) is 0. The maximum absolute atomic E-state index is 14.2. The highest BCUT2D eigenvalue weighted by atomic mass is 35.5. The van der Waals surface area contributed by atoms with Crippen molar-refractivity contribution in [3.63, 3.8) is 0 Å². The van der Waals surface area contributed by atoms with Gasteiger partial charge in [-0.05, 0) is 36.3 Å². The van der Waals surface area contributed by atoms with Crippen LogP contribution in [0, 0.1) is 0 Å². The van der Waals surface area contributed by atoms with Gasteiger partial charge in [-0.3, -0.25) is 9.48 Å². The van der Waals surface area contributed by atoms with Crippen LogP contribution in [-0.2, 0) is 22.5 Å². The second-order valence-electron chi connectivity index (χ2n) is 9.69. The quantitative estimate of drug-likeness (QED) is 0.284. The number of anilines is 5. The Morgan fingerprint density at radius 3 is 2.76 bits per heavy atom. The fourth-order valence-corrected chi connectivity index (χ4v) is 4.83. The predicted octanol–water partition coefficient (Wildman–Crippen LogP) is 5.08. The number of ether oxygens (including phenoxy) is 1. The van der Waals surface area contributed by atoms with Crippen LogP contribution in [0.3, 0.4) is 0 Å². The van der Waals surface area contributed by atoms with E-state index in [4.69, 9.17) is 21.3 Å². The maximum Gasteiger partial charge on any atom is 0.330 e. The molecule has 0 radical (unpaired) electrons. The molecule has 2 aromatic heterocycles. The Labute approximate surface area is 241 Å². The standard InChI is InChI=1S/C29H27ClN8O3/c1-2-25(39)32-21-9-6-10-22(13-21)38-27-20(11-12-36(29(38)40)15-19-7-4-3-5-8-19)14-31-28(34-27)33-24-16-37(35-26(24)30)23-17-41-18-23/h2-10,13-14,16,23H,1,11-12,15,17-18H2,(H,32,39)(H,31,33,34). The van der Waals surface area contributed by atoms with Gasteiger partial charge in [0.15, 0.2) is 5.15 Å². The molecule has 0 unspecified atom stereocenters. The zero-order valence-corrected chi connectivity index (χ0v) is 22.8. The molecule has 0 spiro atoms. The number of aromatic nitrogens is 4. The topological polar surface area (TPSA) is 118 Å². The van der Waals surface area contributed by atoms with Crippen molar-refractivity contribution in [2.24, 2.45) is 0 Å². The van der Waals surface area contributed by atoms with E-state index in [-0.39, 0.29) is 29.1 Å². The molecular formula is C29H27ClN8O3. The third-order valence-corrected chi connectivity index (χ3v) is 7.15. The SMILES string of the molecule is C=CC(=O)Nc1cccc(N2C(=O)N(Cc3ccccc3)CCc3cnc(Nc4cn(C5COC5)nc4Cl)nc32)c1. The fourth-order valence-electron chi connectivity index (χ4n) is 4.65. The third kappa shape index (κ3) is 5.63. The van der Waals surface area contributed by atoms with E-state index in [9.17, 15) is 9.59 Å². The number of halogens is 1. The van der Waals surface area contributed by atoms with Crippen LogP contribution in [0.25, 0.3) is 0 Å². The lowest BCUT2D eigenvalue weighted by Gasteiger charge is -2.28. The number of hydrogen-bond acceptors (Lipinski definition) is 7. The van der Waals surface area contributed by atoms with Gasteiger partial charge in [0.05, 0.1) is 36.8 Å². The summed E-state index contributed by atoms with van der Waals surface area (Å²) in [6.07, 6.45) is 5.26. The van der Waals surface area contributed by atoms with Crippen LogP contribution >= 0.6 is 11.6 Å². The number of hydrogen-bond donors (Lipinski definition) is 2. The van der Waals surface area contributed by atoms with Gasteiger partial charge in [-0.1, -0.05) is 54.6 Å². The summed E-state index contributed by atoms with van der Waals surface area (Å²) in [6.45, 7) is 5.57. The lowest BCUT2D eigenvalue weighted by atomic mass is 10.2. The predicted molar refractivity (Wildman–Crippen MR) is 156 cm³/mol. The molecule has 4 heterocycles. The Morgan fingerprint density at radius 2 is 2.00 bits per heavy atom. The Balaban J connectivity index is 1.37. The van der Waals surface area contributed by atoms with E-state index in [2.05, 4.69) is 27.3 Å². The lowest BCUT2D eigenvalue weighted by Crippen LogP contribution is -2.40. The molecular weight excluding hydrogens is 544 g/mol. The normalized spacial score (nSPS) is 15.1. The van der Waals surface area contributed by atoms with E-state index in [1.165, 1.54) is 6.08 Å². The van der Waals surface area contributed by atoms with Crippen molar-refractivity contribution in [1.29, 1.82) is 0 Å². The molecule has 41 heavy (non-hydrogen) atoms. The molecule has 0 aliphatic carbocycles. The lowest BCUT2D eigenvalue weighted by molar-refractivity contribution is -0.111. The second kappa shape index (κ2) is 11.4. The average Bonchev–Trinajstić information content (AvgIpc) is 3.23. The zero-order chi connectivity index (χ0) is 28.3. The molecule has 0 atom stereocenters. The van der Waals surface area contributed by atoms with Gasteiger partial charge in [-0.2, -0.15) is 10.1 Å². The number of amides is 3. The van der Waals surface area contributed by atoms with Crippen LogP contribution < -0.4 is 15.5 Å². The number of rotatable bonds is 8. The first-order valence-corrected chi connectivity index (χ1v) is 13.5. The molecule has 2 aliphatic rings. The summed E-state index contributed by atoms with van der Waals surface area (Å²) >= 11 is 6.40. The number of urea groups is 1. The van der Waals surface area contributed by atoms with Gasteiger partial charge in [-0.15, -0.1) is 0 Å². The highest BCUT2D eigenvalue weighted by Crippen LogP contribution is 2.34. The summed E-state index contributed by atoms with van der Waals surface area (Å²) in [5, 5.41) is 10.6. The van der Waals surface area contributed by atoms with Crippen LogP contribution in [0.1, 0.15) is 17.2 Å². The maximum atomic E-state index is 14.2. The first kappa shape index (κ1) is 26.5. The number of carbonyl (C=O) groups excluding carboxylic acids is 2. The van der Waals surface area contributed by atoms with Crippen molar-refractivity contribution in [2.75, 3.05) is 35.3 Å². The Morgan fingerprint density at radius 1 is 1.17 bits per heavy atom. The molecule has 0 saturated carbocycles.